The first-order valence-corrected chi connectivity index (χ1v) is 12.2. The number of hydrogen-bond acceptors (Lipinski definition) is 9. The maximum Gasteiger partial charge on any atom is 0.335 e. The highest BCUT2D eigenvalue weighted by Gasteiger charge is 2.21. The molecule has 192 valence electrons. The van der Waals surface area contributed by atoms with E-state index in [-0.39, 0.29) is 18.5 Å². The minimum Gasteiger partial charge on any atom is -0.487 e. The molecule has 0 bridgehead atoms. The van der Waals surface area contributed by atoms with Crippen molar-refractivity contribution < 1.29 is 28.4 Å². The van der Waals surface area contributed by atoms with Crippen LogP contribution in [0.15, 0.2) is 58.2 Å². The van der Waals surface area contributed by atoms with Crippen LogP contribution in [0.25, 0.3) is 11.4 Å². The van der Waals surface area contributed by atoms with E-state index < -0.39 is 6.10 Å². The second-order valence-electron chi connectivity index (χ2n) is 7.63. The molecule has 10 heteroatoms. The first-order chi connectivity index (χ1) is 17.5. The first-order valence-electron chi connectivity index (χ1n) is 11.8. The van der Waals surface area contributed by atoms with Gasteiger partial charge in [0, 0.05) is 23.6 Å². The van der Waals surface area contributed by atoms with Gasteiger partial charge in [0.2, 0.25) is 5.82 Å². The molecule has 3 rings (SSSR count). The summed E-state index contributed by atoms with van der Waals surface area (Å²) in [7, 11) is 0. The van der Waals surface area contributed by atoms with Crippen LogP contribution in [-0.4, -0.2) is 54.4 Å². The Hall–Kier alpha value is -3.43. The monoisotopic (exact) mass is 515 g/mol. The van der Waals surface area contributed by atoms with Gasteiger partial charge < -0.3 is 23.6 Å². The van der Waals surface area contributed by atoms with Crippen LogP contribution in [0.4, 0.5) is 0 Å². The Morgan fingerprint density at radius 2 is 1.81 bits per heavy atom. The van der Waals surface area contributed by atoms with Crippen LogP contribution in [-0.2, 0) is 25.5 Å². The minimum atomic E-state index is -0.650. The Morgan fingerprint density at radius 3 is 2.47 bits per heavy atom. The van der Waals surface area contributed by atoms with Gasteiger partial charge in [0.15, 0.2) is 11.8 Å². The summed E-state index contributed by atoms with van der Waals surface area (Å²) >= 11 is 5.96. The number of oxime groups is 1. The Morgan fingerprint density at radius 1 is 1.06 bits per heavy atom. The zero-order valence-corrected chi connectivity index (χ0v) is 21.4. The summed E-state index contributed by atoms with van der Waals surface area (Å²) in [5.41, 5.74) is 2.03. The zero-order chi connectivity index (χ0) is 25.8. The molecule has 0 fully saturated rings. The van der Waals surface area contributed by atoms with Crippen molar-refractivity contribution in [3.05, 3.63) is 65.0 Å². The molecule has 2 aromatic carbocycles. The average Bonchev–Trinajstić information content (AvgIpc) is 3.37. The molecule has 0 N–H and O–H groups in total. The van der Waals surface area contributed by atoms with E-state index in [9.17, 15) is 4.79 Å². The maximum absolute atomic E-state index is 12.1. The molecule has 0 saturated heterocycles. The molecular weight excluding hydrogens is 486 g/mol. The largest absolute Gasteiger partial charge is 0.487 e. The predicted molar refractivity (Wildman–Crippen MR) is 135 cm³/mol. The molecule has 0 aliphatic heterocycles. The molecule has 1 unspecified atom stereocenters. The van der Waals surface area contributed by atoms with Gasteiger partial charge in [-0.1, -0.05) is 41.0 Å². The molecule has 1 atom stereocenters. The number of ether oxygens (including phenoxy) is 3. The third-order valence-electron chi connectivity index (χ3n) is 4.88. The summed E-state index contributed by atoms with van der Waals surface area (Å²) in [6.45, 7) is 6.81. The SMILES string of the molecule is CCCO/N=C(\COc1ccc(CC(OCC)C(=O)OCC)cc1)c1nc(-c2ccc(Cl)cc2)no1. The predicted octanol–water partition coefficient (Wildman–Crippen LogP) is 5.11. The second kappa shape index (κ2) is 14.2. The van der Waals surface area contributed by atoms with Crippen LogP contribution < -0.4 is 4.74 Å². The Kier molecular flexibility index (Phi) is 10.7. The van der Waals surface area contributed by atoms with Gasteiger partial charge in [-0.25, -0.2) is 4.79 Å². The second-order valence-corrected chi connectivity index (χ2v) is 8.07. The molecule has 1 aromatic heterocycles. The van der Waals surface area contributed by atoms with E-state index in [0.29, 0.717) is 48.5 Å². The van der Waals surface area contributed by atoms with Crippen molar-refractivity contribution in [3.8, 4) is 17.1 Å². The zero-order valence-electron chi connectivity index (χ0n) is 20.6. The summed E-state index contributed by atoms with van der Waals surface area (Å²) in [5.74, 6) is 0.829. The first kappa shape index (κ1) is 27.2. The van der Waals surface area contributed by atoms with Crippen LogP contribution in [0.5, 0.6) is 5.75 Å². The van der Waals surface area contributed by atoms with Crippen LogP contribution >= 0.6 is 11.6 Å². The quantitative estimate of drug-likeness (QED) is 0.126. The van der Waals surface area contributed by atoms with Crippen molar-refractivity contribution in [1.82, 2.24) is 10.1 Å². The third kappa shape index (κ3) is 8.07. The number of carbonyl (C=O) groups is 1. The van der Waals surface area contributed by atoms with Gasteiger partial charge in [-0.05, 0) is 62.2 Å². The molecule has 9 nitrogen and oxygen atoms in total. The number of benzene rings is 2. The van der Waals surface area contributed by atoms with Crippen LogP contribution in [0, 0.1) is 0 Å². The van der Waals surface area contributed by atoms with E-state index in [0.717, 1.165) is 17.5 Å². The number of rotatable bonds is 14. The molecule has 0 amide bonds. The standard InChI is InChI=1S/C26H30ClN3O6/c1-4-15-35-29-22(25-28-24(30-36-25)19-9-11-20(27)12-10-19)17-34-21-13-7-18(8-14-21)16-23(32-5-2)26(31)33-6-3/h7-14,23H,4-6,15-17H2,1-3H3/b29-22+. The summed E-state index contributed by atoms with van der Waals surface area (Å²) in [4.78, 5) is 21.9. The molecule has 36 heavy (non-hydrogen) atoms. The lowest BCUT2D eigenvalue weighted by Gasteiger charge is -2.15. The fourth-order valence-corrected chi connectivity index (χ4v) is 3.26. The van der Waals surface area contributed by atoms with Gasteiger partial charge in [0.05, 0.1) is 6.61 Å². The van der Waals surface area contributed by atoms with Gasteiger partial charge >= 0.3 is 5.97 Å². The van der Waals surface area contributed by atoms with E-state index in [1.54, 1.807) is 43.3 Å². The Labute approximate surface area is 215 Å². The fraction of sp³-hybridized carbons (Fsp3) is 0.385. The molecule has 0 spiro atoms. The van der Waals surface area contributed by atoms with Crippen molar-refractivity contribution in [2.24, 2.45) is 5.16 Å². The Balaban J connectivity index is 1.67. The normalized spacial score (nSPS) is 12.3. The van der Waals surface area contributed by atoms with E-state index in [1.807, 2.05) is 26.0 Å². The molecule has 0 aliphatic rings. The summed E-state index contributed by atoms with van der Waals surface area (Å²) in [6.07, 6.45) is 0.552. The highest BCUT2D eigenvalue weighted by Crippen LogP contribution is 2.20. The molecule has 1 heterocycles. The summed E-state index contributed by atoms with van der Waals surface area (Å²) in [5, 5.41) is 8.79. The lowest BCUT2D eigenvalue weighted by molar-refractivity contribution is -0.156. The van der Waals surface area contributed by atoms with E-state index >= 15 is 0 Å². The topological polar surface area (TPSA) is 105 Å². The molecule has 3 aromatic rings. The number of esters is 1. The number of nitrogens with zero attached hydrogens (tertiary/aromatic N) is 3. The fourth-order valence-electron chi connectivity index (χ4n) is 3.13. The lowest BCUT2D eigenvalue weighted by atomic mass is 10.1. The minimum absolute atomic E-state index is 0.0513. The van der Waals surface area contributed by atoms with Gasteiger partial charge in [0.25, 0.3) is 5.89 Å². The number of carbonyl (C=O) groups excluding carboxylic acids is 1. The van der Waals surface area contributed by atoms with Gasteiger partial charge in [0.1, 0.15) is 19.0 Å². The highest BCUT2D eigenvalue weighted by molar-refractivity contribution is 6.30. The lowest BCUT2D eigenvalue weighted by Crippen LogP contribution is -2.28. The van der Waals surface area contributed by atoms with Crippen LogP contribution in [0.2, 0.25) is 5.02 Å². The number of aromatic nitrogens is 2. The molecule has 0 saturated carbocycles. The van der Waals surface area contributed by atoms with E-state index in [2.05, 4.69) is 15.3 Å². The van der Waals surface area contributed by atoms with Crippen LogP contribution in [0.3, 0.4) is 0 Å². The summed E-state index contributed by atoms with van der Waals surface area (Å²) < 4.78 is 21.9. The average molecular weight is 516 g/mol. The van der Waals surface area contributed by atoms with Gasteiger partial charge in [-0.2, -0.15) is 4.98 Å². The van der Waals surface area contributed by atoms with E-state index in [1.165, 1.54) is 0 Å². The van der Waals surface area contributed by atoms with Crippen molar-refractivity contribution in [2.75, 3.05) is 26.4 Å². The maximum atomic E-state index is 12.1. The summed E-state index contributed by atoms with van der Waals surface area (Å²) in [6, 6.07) is 14.5. The Bertz CT molecular complexity index is 1120. The van der Waals surface area contributed by atoms with Crippen molar-refractivity contribution in [1.29, 1.82) is 0 Å². The van der Waals surface area contributed by atoms with Crippen LogP contribution in [0.1, 0.15) is 38.6 Å². The smallest absolute Gasteiger partial charge is 0.335 e. The number of halogens is 1. The van der Waals surface area contributed by atoms with Gasteiger partial charge in [-0.3, -0.25) is 0 Å². The van der Waals surface area contributed by atoms with Crippen molar-refractivity contribution in [2.45, 2.75) is 39.7 Å². The third-order valence-corrected chi connectivity index (χ3v) is 5.13. The van der Waals surface area contributed by atoms with Gasteiger partial charge in [-0.15, -0.1) is 0 Å². The highest BCUT2D eigenvalue weighted by atomic mass is 35.5. The molecular formula is C26H30ClN3O6. The van der Waals surface area contributed by atoms with Crippen molar-refractivity contribution in [3.63, 3.8) is 0 Å². The van der Waals surface area contributed by atoms with Crippen molar-refractivity contribution >= 4 is 23.3 Å². The number of hydrogen-bond donors (Lipinski definition) is 0. The molecule has 0 aliphatic carbocycles. The van der Waals surface area contributed by atoms with E-state index in [4.69, 9.17) is 35.2 Å². The molecule has 0 radical (unpaired) electrons.